The third kappa shape index (κ3) is 6.76. The molecule has 9 aromatic carbocycles. The van der Waals surface area contributed by atoms with Gasteiger partial charge in [-0.15, -0.1) is 0 Å². The number of hydrogen-bond donors (Lipinski definition) is 0. The van der Waals surface area contributed by atoms with Crippen LogP contribution < -0.4 is 4.90 Å². The summed E-state index contributed by atoms with van der Waals surface area (Å²) in [6.45, 7) is 0. The Morgan fingerprint density at radius 3 is 1.54 bits per heavy atom. The van der Waals surface area contributed by atoms with Crippen LogP contribution in [0.15, 0.2) is 231 Å². The zero-order valence-electron chi connectivity index (χ0n) is 33.2. The third-order valence-electron chi connectivity index (χ3n) is 11.5. The van der Waals surface area contributed by atoms with E-state index in [-0.39, 0.29) is 0 Å². The molecule has 11 aromatic rings. The molecule has 2 aromatic heterocycles. The van der Waals surface area contributed by atoms with Gasteiger partial charge in [0.25, 0.3) is 0 Å². The lowest BCUT2D eigenvalue weighted by molar-refractivity contribution is 1.18. The first-order chi connectivity index (χ1) is 30.2. The third-order valence-corrected chi connectivity index (χ3v) is 11.5. The summed E-state index contributed by atoms with van der Waals surface area (Å²) in [5.74, 6) is 0.673. The van der Waals surface area contributed by atoms with Crippen LogP contribution in [0.3, 0.4) is 0 Å². The maximum absolute atomic E-state index is 5.50. The van der Waals surface area contributed by atoms with E-state index in [1.54, 1.807) is 0 Å². The van der Waals surface area contributed by atoms with Gasteiger partial charge in [-0.25, -0.2) is 15.0 Å². The first kappa shape index (κ1) is 35.9. The van der Waals surface area contributed by atoms with E-state index >= 15 is 0 Å². The molecule has 4 heteroatoms. The van der Waals surface area contributed by atoms with Crippen LogP contribution >= 0.6 is 0 Å². The quantitative estimate of drug-likeness (QED) is 0.144. The van der Waals surface area contributed by atoms with Crippen molar-refractivity contribution in [1.82, 2.24) is 15.0 Å². The van der Waals surface area contributed by atoms with E-state index in [0.717, 1.165) is 83.6 Å². The largest absolute Gasteiger partial charge is 0.311 e. The second-order valence-corrected chi connectivity index (χ2v) is 15.2. The van der Waals surface area contributed by atoms with Gasteiger partial charge < -0.3 is 4.90 Å². The predicted molar refractivity (Wildman–Crippen MR) is 254 cm³/mol. The molecular formula is C57H38N4. The number of rotatable bonds is 8. The van der Waals surface area contributed by atoms with Gasteiger partial charge in [0.05, 0.1) is 22.6 Å². The van der Waals surface area contributed by atoms with Gasteiger partial charge in [0, 0.05) is 55.5 Å². The molecule has 0 N–H and O–H groups in total. The summed E-state index contributed by atoms with van der Waals surface area (Å²) >= 11 is 0. The molecule has 4 nitrogen and oxygen atoms in total. The van der Waals surface area contributed by atoms with Crippen molar-refractivity contribution < 1.29 is 0 Å². The lowest BCUT2D eigenvalue weighted by Crippen LogP contribution is -2.09. The lowest BCUT2D eigenvalue weighted by Gasteiger charge is -2.25. The minimum absolute atomic E-state index is 0.673. The minimum Gasteiger partial charge on any atom is -0.311 e. The topological polar surface area (TPSA) is 41.9 Å². The molecule has 0 saturated carbocycles. The first-order valence-electron chi connectivity index (χ1n) is 20.6. The predicted octanol–water partition coefficient (Wildman–Crippen LogP) is 15.1. The zero-order valence-corrected chi connectivity index (χ0v) is 33.2. The smallest absolute Gasteiger partial charge is 0.160 e. The molecule has 0 amide bonds. The van der Waals surface area contributed by atoms with Crippen LogP contribution in [-0.2, 0) is 0 Å². The average Bonchev–Trinajstić information content (AvgIpc) is 3.35. The highest BCUT2D eigenvalue weighted by Gasteiger charge is 2.20. The van der Waals surface area contributed by atoms with Crippen LogP contribution in [0.1, 0.15) is 0 Å². The molecule has 0 bridgehead atoms. The van der Waals surface area contributed by atoms with Crippen LogP contribution in [0, 0.1) is 0 Å². The van der Waals surface area contributed by atoms with Gasteiger partial charge in [-0.1, -0.05) is 182 Å². The van der Waals surface area contributed by atoms with Crippen LogP contribution in [-0.4, -0.2) is 15.0 Å². The van der Waals surface area contributed by atoms with Crippen molar-refractivity contribution in [1.29, 1.82) is 0 Å². The lowest BCUT2D eigenvalue weighted by atomic mass is 9.92. The van der Waals surface area contributed by atoms with Crippen molar-refractivity contribution in [2.75, 3.05) is 4.90 Å². The highest BCUT2D eigenvalue weighted by atomic mass is 15.1. The molecule has 2 heterocycles. The van der Waals surface area contributed by atoms with E-state index < -0.39 is 0 Å². The van der Waals surface area contributed by atoms with Gasteiger partial charge in [-0.3, -0.25) is 0 Å². The number of pyridine rings is 1. The van der Waals surface area contributed by atoms with Crippen molar-refractivity contribution >= 4 is 49.5 Å². The van der Waals surface area contributed by atoms with Crippen molar-refractivity contribution in [2.24, 2.45) is 0 Å². The van der Waals surface area contributed by atoms with Crippen molar-refractivity contribution in [3.05, 3.63) is 231 Å². The van der Waals surface area contributed by atoms with E-state index in [1.165, 1.54) is 16.3 Å². The SMILES string of the molecule is c1ccc(-c2ccc(-c3nc(-c4ccccc4)cc(-c4cccc5nc(-c6ccc(N(c7ccccc7)c7ccccc7)cc6)c6ccc7ccccc7c6c45)n3)cc2)cc1. The second-order valence-electron chi connectivity index (χ2n) is 15.2. The Balaban J connectivity index is 1.10. The Morgan fingerprint density at radius 1 is 0.311 bits per heavy atom. The molecule has 0 atom stereocenters. The van der Waals surface area contributed by atoms with Gasteiger partial charge in [0.2, 0.25) is 0 Å². The fourth-order valence-corrected chi connectivity index (χ4v) is 8.53. The summed E-state index contributed by atoms with van der Waals surface area (Å²) in [6, 6.07) is 80.8. The Bertz CT molecular complexity index is 3280. The first-order valence-corrected chi connectivity index (χ1v) is 20.6. The number of benzene rings is 9. The molecule has 0 aliphatic carbocycles. The molecule has 61 heavy (non-hydrogen) atoms. The normalized spacial score (nSPS) is 11.3. The molecule has 11 rings (SSSR count). The molecule has 0 saturated heterocycles. The highest BCUT2D eigenvalue weighted by Crippen LogP contribution is 2.43. The van der Waals surface area contributed by atoms with Crippen LogP contribution in [0.4, 0.5) is 17.1 Å². The van der Waals surface area contributed by atoms with E-state index in [9.17, 15) is 0 Å². The zero-order chi connectivity index (χ0) is 40.5. The Morgan fingerprint density at radius 2 is 0.852 bits per heavy atom. The van der Waals surface area contributed by atoms with Gasteiger partial charge in [-0.2, -0.15) is 0 Å². The average molecular weight is 779 g/mol. The van der Waals surface area contributed by atoms with E-state index in [4.69, 9.17) is 15.0 Å². The molecule has 286 valence electrons. The number of fused-ring (bicyclic) bond motifs is 5. The van der Waals surface area contributed by atoms with E-state index in [0.29, 0.717) is 5.82 Å². The molecule has 0 radical (unpaired) electrons. The molecule has 0 unspecified atom stereocenters. The van der Waals surface area contributed by atoms with Crippen LogP contribution in [0.5, 0.6) is 0 Å². The fourth-order valence-electron chi connectivity index (χ4n) is 8.53. The maximum atomic E-state index is 5.50. The summed E-state index contributed by atoms with van der Waals surface area (Å²) in [6.07, 6.45) is 0. The summed E-state index contributed by atoms with van der Waals surface area (Å²) in [5.41, 5.74) is 13.2. The molecular weight excluding hydrogens is 741 g/mol. The summed E-state index contributed by atoms with van der Waals surface area (Å²) in [5, 5.41) is 5.65. The van der Waals surface area contributed by atoms with Gasteiger partial charge >= 0.3 is 0 Å². The summed E-state index contributed by atoms with van der Waals surface area (Å²) in [7, 11) is 0. The van der Waals surface area contributed by atoms with Crippen LogP contribution in [0.2, 0.25) is 0 Å². The fraction of sp³-hybridized carbons (Fsp3) is 0. The van der Waals surface area contributed by atoms with E-state index in [2.05, 4.69) is 223 Å². The Labute approximate surface area is 354 Å². The number of para-hydroxylation sites is 2. The molecule has 0 fully saturated rings. The van der Waals surface area contributed by atoms with Crippen molar-refractivity contribution in [3.63, 3.8) is 0 Å². The second kappa shape index (κ2) is 15.5. The van der Waals surface area contributed by atoms with Crippen LogP contribution in [0.25, 0.3) is 88.7 Å². The van der Waals surface area contributed by atoms with Gasteiger partial charge in [-0.05, 0) is 70.4 Å². The Hall–Kier alpha value is -8.21. The summed E-state index contributed by atoms with van der Waals surface area (Å²) < 4.78 is 0. The Kier molecular flexibility index (Phi) is 9.14. The monoisotopic (exact) mass is 778 g/mol. The molecule has 0 spiro atoms. The molecule has 0 aliphatic rings. The number of nitrogens with zero attached hydrogens (tertiary/aromatic N) is 4. The number of hydrogen-bond acceptors (Lipinski definition) is 4. The van der Waals surface area contributed by atoms with Crippen molar-refractivity contribution in [3.8, 4) is 56.3 Å². The minimum atomic E-state index is 0.673. The van der Waals surface area contributed by atoms with Crippen molar-refractivity contribution in [2.45, 2.75) is 0 Å². The number of anilines is 3. The highest BCUT2D eigenvalue weighted by molar-refractivity contribution is 6.25. The van der Waals surface area contributed by atoms with E-state index in [1.807, 2.05) is 12.1 Å². The molecule has 0 aliphatic heterocycles. The van der Waals surface area contributed by atoms with Gasteiger partial charge in [0.1, 0.15) is 0 Å². The van der Waals surface area contributed by atoms with Gasteiger partial charge in [0.15, 0.2) is 5.82 Å². The number of aromatic nitrogens is 3. The summed E-state index contributed by atoms with van der Waals surface area (Å²) in [4.78, 5) is 18.3. The maximum Gasteiger partial charge on any atom is 0.160 e. The standard InChI is InChI=1S/C57H38N4/c1-5-16-39(17-6-1)40-28-30-44(31-29-40)57-59-52(42-19-7-2-8-20-42)38-53(60-57)49-26-15-27-51-55(49)54-48-25-14-13-18-41(48)34-37-50(54)56(58-51)43-32-35-47(36-33-43)61(45-21-9-3-10-22-45)46-23-11-4-12-24-46/h1-38H.